The molecule has 3 heteroatoms. The number of Topliss-reactive ketones (excluding diaryl/α,β-unsaturated/α-hetero) is 1. The molecule has 3 aromatic carbocycles. The number of nitrogens with one attached hydrogen (secondary N) is 1. The van der Waals surface area contributed by atoms with Crippen LogP contribution in [0.25, 0.3) is 10.9 Å². The molecule has 148 valence electrons. The Bertz CT molecular complexity index is 1280. The molecule has 1 aromatic heterocycles. The van der Waals surface area contributed by atoms with Crippen molar-refractivity contribution in [3.63, 3.8) is 0 Å². The van der Waals surface area contributed by atoms with Crippen LogP contribution in [0.1, 0.15) is 35.2 Å². The number of aromatic nitrogens is 1. The highest BCUT2D eigenvalue weighted by Crippen LogP contribution is 2.51. The van der Waals surface area contributed by atoms with E-state index in [4.69, 9.17) is 0 Å². The summed E-state index contributed by atoms with van der Waals surface area (Å²) >= 11 is 0. The largest absolute Gasteiger partial charge is 0.510 e. The molecule has 3 nitrogen and oxygen atoms in total. The molecule has 0 aliphatic heterocycles. The van der Waals surface area contributed by atoms with E-state index in [1.165, 1.54) is 0 Å². The molecule has 1 aliphatic carbocycles. The molecule has 0 fully saturated rings. The molecular formula is C27H23NO2. The molecule has 30 heavy (non-hydrogen) atoms. The quantitative estimate of drug-likeness (QED) is 0.449. The molecule has 1 heterocycles. The number of hydrogen-bond acceptors (Lipinski definition) is 2. The second-order valence-electron chi connectivity index (χ2n) is 8.14. The van der Waals surface area contributed by atoms with Crippen molar-refractivity contribution in [2.45, 2.75) is 25.2 Å². The van der Waals surface area contributed by atoms with Gasteiger partial charge in [-0.15, -0.1) is 0 Å². The summed E-state index contributed by atoms with van der Waals surface area (Å²) in [6.07, 6.45) is 0. The number of aliphatic hydroxyl groups excluding tert-OH is 1. The number of aryl methyl sites for hydroxylation is 1. The number of carbonyl (C=O) groups excluding carboxylic acids is 1. The van der Waals surface area contributed by atoms with E-state index >= 15 is 0 Å². The number of fused-ring (bicyclic) bond motifs is 1. The summed E-state index contributed by atoms with van der Waals surface area (Å²) in [6.45, 7) is 3.88. The summed E-state index contributed by atoms with van der Waals surface area (Å²) < 4.78 is 0. The van der Waals surface area contributed by atoms with E-state index in [0.717, 1.165) is 33.3 Å². The van der Waals surface area contributed by atoms with E-state index in [1.54, 1.807) is 0 Å². The van der Waals surface area contributed by atoms with Crippen LogP contribution in [0.3, 0.4) is 0 Å². The topological polar surface area (TPSA) is 53.1 Å². The maximum Gasteiger partial charge on any atom is 0.181 e. The van der Waals surface area contributed by atoms with Crippen LogP contribution in [-0.4, -0.2) is 15.9 Å². The zero-order valence-corrected chi connectivity index (χ0v) is 17.0. The maximum absolute atomic E-state index is 13.6. The zero-order chi connectivity index (χ0) is 20.9. The first-order chi connectivity index (χ1) is 14.5. The van der Waals surface area contributed by atoms with Gasteiger partial charge < -0.3 is 10.1 Å². The normalized spacial score (nSPS) is 19.7. The zero-order valence-electron chi connectivity index (χ0n) is 17.0. The Hall–Kier alpha value is -3.59. The first kappa shape index (κ1) is 18.4. The lowest BCUT2D eigenvalue weighted by molar-refractivity contribution is -0.123. The summed E-state index contributed by atoms with van der Waals surface area (Å²) in [7, 11) is 0. The van der Waals surface area contributed by atoms with Crippen LogP contribution in [-0.2, 0) is 10.2 Å². The molecule has 0 spiro atoms. The van der Waals surface area contributed by atoms with Crippen molar-refractivity contribution >= 4 is 16.7 Å². The first-order valence-corrected chi connectivity index (χ1v) is 10.2. The van der Waals surface area contributed by atoms with Gasteiger partial charge in [0.05, 0.1) is 5.92 Å². The van der Waals surface area contributed by atoms with Crippen LogP contribution in [0.5, 0.6) is 0 Å². The number of ketones is 1. The number of rotatable bonds is 4. The SMILES string of the molecule is Cc1c(C(C2=C(O)C(C)(c3ccccc3)C2=O)c2ccccc2)[nH]c2ccccc12. The predicted molar refractivity (Wildman–Crippen MR) is 120 cm³/mol. The Morgan fingerprint density at radius 3 is 2.10 bits per heavy atom. The number of aliphatic hydroxyl groups is 1. The molecule has 0 amide bonds. The van der Waals surface area contributed by atoms with E-state index in [9.17, 15) is 9.90 Å². The van der Waals surface area contributed by atoms with Crippen molar-refractivity contribution in [2.75, 3.05) is 0 Å². The van der Waals surface area contributed by atoms with Gasteiger partial charge in [0.1, 0.15) is 11.2 Å². The van der Waals surface area contributed by atoms with E-state index in [2.05, 4.69) is 18.0 Å². The summed E-state index contributed by atoms with van der Waals surface area (Å²) in [5, 5.41) is 12.4. The highest BCUT2D eigenvalue weighted by Gasteiger charge is 2.54. The van der Waals surface area contributed by atoms with Gasteiger partial charge in [0.2, 0.25) is 0 Å². The Morgan fingerprint density at radius 1 is 0.867 bits per heavy atom. The number of H-pyrrole nitrogens is 1. The van der Waals surface area contributed by atoms with Crippen molar-refractivity contribution in [3.05, 3.63) is 119 Å². The average Bonchev–Trinajstić information content (AvgIpc) is 3.13. The molecule has 5 rings (SSSR count). The molecule has 4 aromatic rings. The Balaban J connectivity index is 1.73. The standard InChI is InChI=1S/C27H23NO2/c1-17-20-15-9-10-16-21(20)28-24(17)22(18-11-5-3-6-12-18)23-25(29)27(2,26(23)30)19-13-7-4-8-14-19/h3-16,22,28-29H,1-2H3. The minimum atomic E-state index is -0.996. The van der Waals surface area contributed by atoms with Gasteiger partial charge in [-0.3, -0.25) is 4.79 Å². The number of carbonyl (C=O) groups is 1. The lowest BCUT2D eigenvalue weighted by atomic mass is 9.60. The third-order valence-corrected chi connectivity index (χ3v) is 6.49. The van der Waals surface area contributed by atoms with Crippen LogP contribution >= 0.6 is 0 Å². The fourth-order valence-corrected chi connectivity index (χ4v) is 4.71. The average molecular weight is 393 g/mol. The van der Waals surface area contributed by atoms with E-state index in [0.29, 0.717) is 5.57 Å². The highest BCUT2D eigenvalue weighted by atomic mass is 16.3. The van der Waals surface area contributed by atoms with Gasteiger partial charge in [-0.2, -0.15) is 0 Å². The number of aromatic amines is 1. The lowest BCUT2D eigenvalue weighted by Crippen LogP contribution is -2.47. The minimum absolute atomic E-state index is 0.0295. The monoisotopic (exact) mass is 393 g/mol. The lowest BCUT2D eigenvalue weighted by Gasteiger charge is -2.41. The van der Waals surface area contributed by atoms with Crippen molar-refractivity contribution in [3.8, 4) is 0 Å². The van der Waals surface area contributed by atoms with Gasteiger partial charge in [-0.1, -0.05) is 78.9 Å². The predicted octanol–water partition coefficient (Wildman–Crippen LogP) is 5.96. The van der Waals surface area contributed by atoms with Crippen molar-refractivity contribution in [2.24, 2.45) is 0 Å². The molecule has 0 radical (unpaired) electrons. The fourth-order valence-electron chi connectivity index (χ4n) is 4.71. The van der Waals surface area contributed by atoms with Gasteiger partial charge in [-0.05, 0) is 36.6 Å². The van der Waals surface area contributed by atoms with Crippen LogP contribution in [0.4, 0.5) is 0 Å². The summed E-state index contributed by atoms with van der Waals surface area (Å²) in [4.78, 5) is 17.1. The van der Waals surface area contributed by atoms with E-state index in [1.807, 2.05) is 85.8 Å². The van der Waals surface area contributed by atoms with Gasteiger partial charge in [-0.25, -0.2) is 0 Å². The van der Waals surface area contributed by atoms with Crippen molar-refractivity contribution < 1.29 is 9.90 Å². The maximum atomic E-state index is 13.6. The van der Waals surface area contributed by atoms with Crippen LogP contribution in [0.15, 0.2) is 96.3 Å². The summed E-state index contributed by atoms with van der Waals surface area (Å²) in [5.41, 5.74) is 4.36. The van der Waals surface area contributed by atoms with Crippen LogP contribution in [0.2, 0.25) is 0 Å². The third-order valence-electron chi connectivity index (χ3n) is 6.49. The highest BCUT2D eigenvalue weighted by molar-refractivity contribution is 6.14. The second kappa shape index (κ2) is 6.74. The van der Waals surface area contributed by atoms with E-state index < -0.39 is 5.41 Å². The summed E-state index contributed by atoms with van der Waals surface area (Å²) in [6, 6.07) is 27.6. The number of benzene rings is 3. The van der Waals surface area contributed by atoms with Gasteiger partial charge in [0.25, 0.3) is 0 Å². The van der Waals surface area contributed by atoms with Crippen molar-refractivity contribution in [1.29, 1.82) is 0 Å². The molecular weight excluding hydrogens is 370 g/mol. The molecule has 0 saturated carbocycles. The number of hydrogen-bond donors (Lipinski definition) is 2. The van der Waals surface area contributed by atoms with Crippen LogP contribution < -0.4 is 0 Å². The first-order valence-electron chi connectivity index (χ1n) is 10.2. The summed E-state index contributed by atoms with van der Waals surface area (Å²) in [5.74, 6) is -0.216. The smallest absolute Gasteiger partial charge is 0.181 e. The molecule has 2 N–H and O–H groups in total. The van der Waals surface area contributed by atoms with Gasteiger partial charge >= 0.3 is 0 Å². The third kappa shape index (κ3) is 2.48. The second-order valence-corrected chi connectivity index (χ2v) is 8.14. The molecule has 1 aliphatic rings. The van der Waals surface area contributed by atoms with Gasteiger partial charge in [0, 0.05) is 22.2 Å². The number of allylic oxidation sites excluding steroid dienone is 2. The Morgan fingerprint density at radius 2 is 1.47 bits per heavy atom. The Kier molecular flexibility index (Phi) is 4.14. The van der Waals surface area contributed by atoms with Crippen molar-refractivity contribution in [1.82, 2.24) is 4.98 Å². The fraction of sp³-hybridized carbons (Fsp3) is 0.148. The Labute approximate surface area is 175 Å². The van der Waals surface area contributed by atoms with Crippen LogP contribution in [0, 0.1) is 6.92 Å². The molecule has 2 atom stereocenters. The molecule has 0 saturated heterocycles. The van der Waals surface area contributed by atoms with Gasteiger partial charge in [0.15, 0.2) is 5.78 Å². The molecule has 2 unspecified atom stereocenters. The molecule has 0 bridgehead atoms. The van der Waals surface area contributed by atoms with E-state index in [-0.39, 0.29) is 17.5 Å². The minimum Gasteiger partial charge on any atom is -0.510 e. The number of para-hydroxylation sites is 1.